The number of piperidine rings is 1. The van der Waals surface area contributed by atoms with E-state index >= 15 is 4.39 Å². The van der Waals surface area contributed by atoms with E-state index < -0.39 is 32.4 Å². The molecule has 5 rings (SSSR count). The number of anilines is 1. The van der Waals surface area contributed by atoms with Crippen molar-refractivity contribution in [2.24, 2.45) is 5.92 Å². The third-order valence-electron chi connectivity index (χ3n) is 7.33. The van der Waals surface area contributed by atoms with Crippen LogP contribution in [0, 0.1) is 23.4 Å². The smallest absolute Gasteiger partial charge is 0.264 e. The summed E-state index contributed by atoms with van der Waals surface area (Å²) in [5.74, 6) is -1.18. The van der Waals surface area contributed by atoms with E-state index in [0.29, 0.717) is 35.1 Å². The lowest BCUT2D eigenvalue weighted by atomic mass is 9.99. The van der Waals surface area contributed by atoms with Gasteiger partial charge in [-0.3, -0.25) is 9.71 Å². The first-order valence-electron chi connectivity index (χ1n) is 13.9. The van der Waals surface area contributed by atoms with Crippen molar-refractivity contribution in [2.45, 2.75) is 31.1 Å². The Labute approximate surface area is 248 Å². The standard InChI is InChI=1S/C31H32F3N3O5S/c1-20-9-13-37(14-10-20)12-3-15-41-30-19-26-23(18-29(30)40-2)27(8-11-35-26)42-28-6-5-22(17-24(28)33)36-43(38,39)31-7-4-21(32)16-25(31)34/h4-8,11,16-20,36H,3,9-10,12-15H2,1-2H3. The van der Waals surface area contributed by atoms with Gasteiger partial charge in [-0.25, -0.2) is 21.6 Å². The normalized spacial score (nSPS) is 14.5. The third-order valence-corrected chi connectivity index (χ3v) is 8.74. The molecule has 0 atom stereocenters. The lowest BCUT2D eigenvalue weighted by Gasteiger charge is -2.30. The summed E-state index contributed by atoms with van der Waals surface area (Å²) in [6.07, 6.45) is 4.83. The third kappa shape index (κ3) is 7.31. The van der Waals surface area contributed by atoms with Crippen molar-refractivity contribution in [2.75, 3.05) is 38.1 Å². The number of halogens is 3. The Kier molecular flexibility index (Phi) is 9.26. The number of sulfonamides is 1. The Balaban J connectivity index is 1.28. The average molecular weight is 616 g/mol. The van der Waals surface area contributed by atoms with Crippen molar-refractivity contribution in [1.29, 1.82) is 0 Å². The van der Waals surface area contributed by atoms with Crippen LogP contribution in [0.25, 0.3) is 10.9 Å². The van der Waals surface area contributed by atoms with Gasteiger partial charge in [-0.1, -0.05) is 6.92 Å². The molecule has 8 nitrogen and oxygen atoms in total. The maximum Gasteiger partial charge on any atom is 0.264 e. The number of nitrogens with zero attached hydrogens (tertiary/aromatic N) is 2. The molecule has 1 fully saturated rings. The van der Waals surface area contributed by atoms with E-state index in [1.807, 2.05) is 0 Å². The Hall–Kier alpha value is -4.03. The molecule has 1 N–H and O–H groups in total. The fourth-order valence-corrected chi connectivity index (χ4v) is 6.02. The minimum atomic E-state index is -4.44. The number of aromatic nitrogens is 1. The van der Waals surface area contributed by atoms with E-state index in [1.165, 1.54) is 38.3 Å². The summed E-state index contributed by atoms with van der Waals surface area (Å²) in [4.78, 5) is 6.08. The van der Waals surface area contributed by atoms with Crippen LogP contribution < -0.4 is 18.9 Å². The van der Waals surface area contributed by atoms with Crippen molar-refractivity contribution in [3.05, 3.63) is 78.2 Å². The number of hydrogen-bond acceptors (Lipinski definition) is 7. The molecule has 0 aliphatic carbocycles. The topological polar surface area (TPSA) is 90.0 Å². The van der Waals surface area contributed by atoms with Crippen molar-refractivity contribution in [3.8, 4) is 23.0 Å². The van der Waals surface area contributed by atoms with Crippen molar-refractivity contribution >= 4 is 26.6 Å². The predicted octanol–water partition coefficient (Wildman–Crippen LogP) is 6.75. The molecule has 0 amide bonds. The largest absolute Gasteiger partial charge is 0.493 e. The number of likely N-dealkylation sites (tertiary alicyclic amines) is 1. The zero-order valence-corrected chi connectivity index (χ0v) is 24.6. The fourth-order valence-electron chi connectivity index (χ4n) is 4.91. The minimum Gasteiger partial charge on any atom is -0.493 e. The molecule has 43 heavy (non-hydrogen) atoms. The number of hydrogen-bond donors (Lipinski definition) is 1. The van der Waals surface area contributed by atoms with E-state index in [2.05, 4.69) is 21.5 Å². The molecule has 1 aliphatic rings. The van der Waals surface area contributed by atoms with Gasteiger partial charge in [0.1, 0.15) is 22.3 Å². The highest BCUT2D eigenvalue weighted by Crippen LogP contribution is 2.38. The first-order chi connectivity index (χ1) is 20.6. The lowest BCUT2D eigenvalue weighted by molar-refractivity contribution is 0.176. The van der Waals surface area contributed by atoms with Crippen LogP contribution in [-0.2, 0) is 10.0 Å². The van der Waals surface area contributed by atoms with Crippen molar-refractivity contribution in [3.63, 3.8) is 0 Å². The predicted molar refractivity (Wildman–Crippen MR) is 157 cm³/mol. The van der Waals surface area contributed by atoms with Crippen LogP contribution in [0.5, 0.6) is 23.0 Å². The van der Waals surface area contributed by atoms with Crippen LogP contribution in [0.1, 0.15) is 26.2 Å². The molecule has 3 aromatic carbocycles. The Morgan fingerprint density at radius 2 is 1.72 bits per heavy atom. The molecule has 228 valence electrons. The van der Waals surface area contributed by atoms with Gasteiger partial charge in [0.25, 0.3) is 10.0 Å². The van der Waals surface area contributed by atoms with Gasteiger partial charge in [-0.2, -0.15) is 0 Å². The van der Waals surface area contributed by atoms with Crippen molar-refractivity contribution < 1.29 is 35.8 Å². The number of nitrogens with one attached hydrogen (secondary N) is 1. The molecule has 12 heteroatoms. The summed E-state index contributed by atoms with van der Waals surface area (Å²) < 4.78 is 86.9. The highest BCUT2D eigenvalue weighted by molar-refractivity contribution is 7.92. The van der Waals surface area contributed by atoms with E-state index in [-0.39, 0.29) is 17.2 Å². The van der Waals surface area contributed by atoms with Gasteiger partial charge in [0, 0.05) is 36.3 Å². The molecular weight excluding hydrogens is 583 g/mol. The molecule has 0 saturated carbocycles. The maximum atomic E-state index is 15.0. The highest BCUT2D eigenvalue weighted by Gasteiger charge is 2.21. The molecule has 0 bridgehead atoms. The zero-order valence-electron chi connectivity index (χ0n) is 23.8. The van der Waals surface area contributed by atoms with E-state index in [9.17, 15) is 17.2 Å². The molecule has 4 aromatic rings. The lowest BCUT2D eigenvalue weighted by Crippen LogP contribution is -2.34. The monoisotopic (exact) mass is 615 g/mol. The highest BCUT2D eigenvalue weighted by atomic mass is 32.2. The van der Waals surface area contributed by atoms with Crippen LogP contribution in [0.4, 0.5) is 18.9 Å². The molecule has 2 heterocycles. The molecule has 0 unspecified atom stereocenters. The quantitative estimate of drug-likeness (QED) is 0.187. The van der Waals surface area contributed by atoms with E-state index in [0.717, 1.165) is 50.2 Å². The van der Waals surface area contributed by atoms with Gasteiger partial charge in [0.2, 0.25) is 0 Å². The molecule has 1 aliphatic heterocycles. The second-order valence-corrected chi connectivity index (χ2v) is 12.1. The Morgan fingerprint density at radius 3 is 2.44 bits per heavy atom. The molecule has 1 saturated heterocycles. The molecular formula is C31H32F3N3O5S. The van der Waals surface area contributed by atoms with E-state index in [1.54, 1.807) is 18.2 Å². The number of methoxy groups -OCH3 is 1. The summed E-state index contributed by atoms with van der Waals surface area (Å²) in [7, 11) is -2.92. The summed E-state index contributed by atoms with van der Waals surface area (Å²) in [6, 6.07) is 10.5. The zero-order chi connectivity index (χ0) is 30.6. The van der Waals surface area contributed by atoms with Crippen LogP contribution in [-0.4, -0.2) is 51.7 Å². The second kappa shape index (κ2) is 13.1. The summed E-state index contributed by atoms with van der Waals surface area (Å²) in [6.45, 7) is 6.00. The van der Waals surface area contributed by atoms with Crippen LogP contribution in [0.2, 0.25) is 0 Å². The number of pyridine rings is 1. The molecule has 0 spiro atoms. The van der Waals surface area contributed by atoms with Crippen molar-refractivity contribution in [1.82, 2.24) is 9.88 Å². The number of rotatable bonds is 11. The van der Waals surface area contributed by atoms with Gasteiger partial charge >= 0.3 is 0 Å². The fraction of sp³-hybridized carbons (Fsp3) is 0.323. The van der Waals surface area contributed by atoms with Gasteiger partial charge < -0.3 is 19.1 Å². The summed E-state index contributed by atoms with van der Waals surface area (Å²) in [5, 5.41) is 0.546. The SMILES string of the molecule is COc1cc2c(Oc3ccc(NS(=O)(=O)c4ccc(F)cc4F)cc3F)ccnc2cc1OCCCN1CCC(C)CC1. The first-order valence-corrected chi connectivity index (χ1v) is 15.4. The molecule has 1 aromatic heterocycles. The van der Waals surface area contributed by atoms with Crippen LogP contribution in [0.3, 0.4) is 0 Å². The van der Waals surface area contributed by atoms with Crippen LogP contribution in [0.15, 0.2) is 65.7 Å². The van der Waals surface area contributed by atoms with Gasteiger partial charge in [-0.05, 0) is 74.7 Å². The average Bonchev–Trinajstić information content (AvgIpc) is 2.97. The van der Waals surface area contributed by atoms with Gasteiger partial charge in [0.15, 0.2) is 23.1 Å². The Bertz CT molecular complexity index is 1710. The Morgan fingerprint density at radius 1 is 0.930 bits per heavy atom. The summed E-state index contributed by atoms with van der Waals surface area (Å²) in [5.41, 5.74) is 0.371. The minimum absolute atomic E-state index is 0.175. The second-order valence-electron chi connectivity index (χ2n) is 10.5. The summed E-state index contributed by atoms with van der Waals surface area (Å²) >= 11 is 0. The molecule has 0 radical (unpaired) electrons. The first kappa shape index (κ1) is 30.4. The van der Waals surface area contributed by atoms with Gasteiger partial charge in [0.05, 0.1) is 24.9 Å². The number of ether oxygens (including phenoxy) is 3. The number of benzene rings is 3. The van der Waals surface area contributed by atoms with Crippen LogP contribution >= 0.6 is 0 Å². The van der Waals surface area contributed by atoms with E-state index in [4.69, 9.17) is 14.2 Å². The maximum absolute atomic E-state index is 15.0. The number of fused-ring (bicyclic) bond motifs is 1. The van der Waals surface area contributed by atoms with Gasteiger partial charge in [-0.15, -0.1) is 0 Å².